The van der Waals surface area contributed by atoms with Crippen molar-refractivity contribution in [3.63, 3.8) is 0 Å². The molecule has 0 radical (unpaired) electrons. The van der Waals surface area contributed by atoms with Crippen LogP contribution in [0.1, 0.15) is 19.4 Å². The van der Waals surface area contributed by atoms with Crippen molar-refractivity contribution < 1.29 is 22.1 Å². The molecule has 0 aliphatic carbocycles. The molecular formula is C22H20ClFN6O4S. The normalized spacial score (nSPS) is 17.4. The third-order valence-corrected chi connectivity index (χ3v) is 7.32. The summed E-state index contributed by atoms with van der Waals surface area (Å²) in [6, 6.07) is 9.14. The number of benzene rings is 2. The van der Waals surface area contributed by atoms with Crippen LogP contribution < -0.4 is 16.0 Å². The van der Waals surface area contributed by atoms with Gasteiger partial charge in [-0.05, 0) is 43.7 Å². The van der Waals surface area contributed by atoms with E-state index < -0.39 is 38.9 Å². The molecule has 0 spiro atoms. The molecule has 1 amide bonds. The van der Waals surface area contributed by atoms with Crippen LogP contribution >= 0.6 is 11.6 Å². The summed E-state index contributed by atoms with van der Waals surface area (Å²) in [5.74, 6) is -2.46. The zero-order valence-corrected chi connectivity index (χ0v) is 20.2. The number of nitrogens with two attached hydrogens (primary N) is 1. The van der Waals surface area contributed by atoms with Gasteiger partial charge >= 0.3 is 6.01 Å². The van der Waals surface area contributed by atoms with Crippen molar-refractivity contribution in [1.82, 2.24) is 10.1 Å². The first-order valence-electron chi connectivity index (χ1n) is 10.3. The second-order valence-electron chi connectivity index (χ2n) is 8.52. The molecule has 1 atom stereocenters. The SMILES string of the molecule is CC(C)(C#N)Nc1nc(-c2cc3c(cc2F)S(=O)(=O)C[C@H](N)C(=O)N3Cc2ccc(Cl)cc2)no1. The minimum absolute atomic E-state index is 0.0350. The summed E-state index contributed by atoms with van der Waals surface area (Å²) in [6.07, 6.45) is 0. The maximum atomic E-state index is 15.1. The number of carbonyl (C=O) groups excluding carboxylic acids is 1. The van der Waals surface area contributed by atoms with Gasteiger partial charge < -0.3 is 20.5 Å². The van der Waals surface area contributed by atoms with Crippen molar-refractivity contribution in [1.29, 1.82) is 5.26 Å². The number of nitrogens with zero attached hydrogens (tertiary/aromatic N) is 4. The molecule has 2 heterocycles. The van der Waals surface area contributed by atoms with Gasteiger partial charge in [-0.3, -0.25) is 4.79 Å². The largest absolute Gasteiger partial charge is 0.323 e. The molecule has 3 aromatic rings. The molecule has 182 valence electrons. The van der Waals surface area contributed by atoms with E-state index in [1.54, 1.807) is 38.1 Å². The fourth-order valence-corrected chi connectivity index (χ4v) is 5.20. The Balaban J connectivity index is 1.84. The molecule has 3 N–H and O–H groups in total. The summed E-state index contributed by atoms with van der Waals surface area (Å²) >= 11 is 5.94. The molecule has 10 nitrogen and oxygen atoms in total. The summed E-state index contributed by atoms with van der Waals surface area (Å²) in [6.45, 7) is 3.12. The molecule has 1 aliphatic rings. The Morgan fingerprint density at radius 3 is 2.69 bits per heavy atom. The Hall–Kier alpha value is -3.53. The standard InChI is InChI=1S/C22H20ClFN6O4S/c1-22(2,11-25)28-21-27-19(29-34-21)14-7-17-18(8-15(14)24)35(32,33)10-16(26)20(31)30(17)9-12-3-5-13(23)6-4-12/h3-8,16H,9-10,26H2,1-2H3,(H,27,28,29)/t16-/m0/s1. The van der Waals surface area contributed by atoms with E-state index in [4.69, 9.17) is 27.1 Å². The van der Waals surface area contributed by atoms with Gasteiger partial charge in [-0.15, -0.1) is 0 Å². The molecule has 1 aliphatic heterocycles. The Morgan fingerprint density at radius 2 is 2.03 bits per heavy atom. The number of hydrogen-bond donors (Lipinski definition) is 2. The van der Waals surface area contributed by atoms with E-state index in [0.717, 1.165) is 6.07 Å². The predicted molar refractivity (Wildman–Crippen MR) is 126 cm³/mol. The topological polar surface area (TPSA) is 155 Å². The summed E-state index contributed by atoms with van der Waals surface area (Å²) < 4.78 is 46.1. The van der Waals surface area contributed by atoms with E-state index in [9.17, 15) is 13.2 Å². The lowest BCUT2D eigenvalue weighted by Crippen LogP contribution is -2.45. The molecule has 0 bridgehead atoms. The highest BCUT2D eigenvalue weighted by atomic mass is 35.5. The maximum absolute atomic E-state index is 15.1. The number of nitriles is 1. The van der Waals surface area contributed by atoms with E-state index in [2.05, 4.69) is 15.5 Å². The quantitative estimate of drug-likeness (QED) is 0.518. The zero-order chi connectivity index (χ0) is 25.5. The predicted octanol–water partition coefficient (Wildman–Crippen LogP) is 2.89. The zero-order valence-electron chi connectivity index (χ0n) is 18.6. The minimum Gasteiger partial charge on any atom is -0.320 e. The lowest BCUT2D eigenvalue weighted by atomic mass is 10.1. The van der Waals surface area contributed by atoms with Crippen molar-refractivity contribution in [2.75, 3.05) is 16.0 Å². The van der Waals surface area contributed by atoms with Crippen LogP contribution in [0.3, 0.4) is 0 Å². The first-order chi connectivity index (χ1) is 16.4. The van der Waals surface area contributed by atoms with Gasteiger partial charge in [0.25, 0.3) is 0 Å². The highest BCUT2D eigenvalue weighted by Crippen LogP contribution is 2.37. The minimum atomic E-state index is -4.10. The molecule has 4 rings (SSSR count). The lowest BCUT2D eigenvalue weighted by Gasteiger charge is -2.24. The molecular weight excluding hydrogens is 499 g/mol. The van der Waals surface area contributed by atoms with Crippen LogP contribution in [-0.4, -0.2) is 41.8 Å². The van der Waals surface area contributed by atoms with E-state index in [1.165, 1.54) is 11.0 Å². The second kappa shape index (κ2) is 8.92. The van der Waals surface area contributed by atoms with Gasteiger partial charge in [-0.25, -0.2) is 12.8 Å². The van der Waals surface area contributed by atoms with Crippen molar-refractivity contribution in [2.45, 2.75) is 36.9 Å². The lowest BCUT2D eigenvalue weighted by molar-refractivity contribution is -0.119. The fraction of sp³-hybridized carbons (Fsp3) is 0.273. The third kappa shape index (κ3) is 4.97. The number of rotatable bonds is 5. The van der Waals surface area contributed by atoms with Crippen LogP contribution in [0.25, 0.3) is 11.4 Å². The number of fused-ring (bicyclic) bond motifs is 1. The number of amides is 1. The average molecular weight is 519 g/mol. The highest BCUT2D eigenvalue weighted by molar-refractivity contribution is 7.91. The molecule has 0 fully saturated rings. The number of carbonyl (C=O) groups is 1. The summed E-state index contributed by atoms with van der Waals surface area (Å²) in [4.78, 5) is 18.0. The smallest absolute Gasteiger partial charge is 0.320 e. The Labute approximate surface area is 205 Å². The Kier molecular flexibility index (Phi) is 6.27. The summed E-state index contributed by atoms with van der Waals surface area (Å²) in [5, 5.41) is 16.1. The summed E-state index contributed by atoms with van der Waals surface area (Å²) in [7, 11) is -4.10. The number of hydrogen-bond acceptors (Lipinski definition) is 9. The van der Waals surface area contributed by atoms with E-state index in [0.29, 0.717) is 10.6 Å². The van der Waals surface area contributed by atoms with Gasteiger partial charge in [0.1, 0.15) is 11.4 Å². The van der Waals surface area contributed by atoms with Crippen LogP contribution in [0.4, 0.5) is 16.1 Å². The molecule has 2 aromatic carbocycles. The van der Waals surface area contributed by atoms with Gasteiger partial charge in [0, 0.05) is 5.02 Å². The Morgan fingerprint density at radius 1 is 1.34 bits per heavy atom. The molecule has 35 heavy (non-hydrogen) atoms. The van der Waals surface area contributed by atoms with Crippen LogP contribution in [0, 0.1) is 17.1 Å². The van der Waals surface area contributed by atoms with Crippen molar-refractivity contribution in [3.05, 3.63) is 52.8 Å². The number of halogens is 2. The van der Waals surface area contributed by atoms with Crippen LogP contribution in [-0.2, 0) is 21.2 Å². The molecule has 13 heteroatoms. The Bertz CT molecular complexity index is 1450. The maximum Gasteiger partial charge on any atom is 0.323 e. The van der Waals surface area contributed by atoms with Gasteiger partial charge in [-0.2, -0.15) is 10.2 Å². The highest BCUT2D eigenvalue weighted by Gasteiger charge is 2.37. The van der Waals surface area contributed by atoms with Crippen molar-refractivity contribution >= 4 is 39.0 Å². The average Bonchev–Trinajstić information content (AvgIpc) is 3.23. The van der Waals surface area contributed by atoms with Crippen molar-refractivity contribution in [2.24, 2.45) is 5.73 Å². The van der Waals surface area contributed by atoms with Crippen molar-refractivity contribution in [3.8, 4) is 17.5 Å². The fourth-order valence-electron chi connectivity index (χ4n) is 3.51. The number of anilines is 2. The molecule has 0 saturated heterocycles. The third-order valence-electron chi connectivity index (χ3n) is 5.28. The van der Waals surface area contributed by atoms with E-state index in [-0.39, 0.29) is 34.5 Å². The first kappa shape index (κ1) is 24.6. The van der Waals surface area contributed by atoms with Crippen LogP contribution in [0.2, 0.25) is 5.02 Å². The number of sulfone groups is 1. The van der Waals surface area contributed by atoms with Gasteiger partial charge in [-0.1, -0.05) is 28.9 Å². The van der Waals surface area contributed by atoms with Crippen LogP contribution in [0.5, 0.6) is 0 Å². The van der Waals surface area contributed by atoms with E-state index >= 15 is 4.39 Å². The molecule has 0 saturated carbocycles. The van der Waals surface area contributed by atoms with Gasteiger partial charge in [0.2, 0.25) is 11.7 Å². The van der Waals surface area contributed by atoms with Gasteiger partial charge in [0.15, 0.2) is 9.84 Å². The van der Waals surface area contributed by atoms with Gasteiger partial charge in [0.05, 0.1) is 40.6 Å². The second-order valence-corrected chi connectivity index (χ2v) is 11.0. The van der Waals surface area contributed by atoms with Crippen LogP contribution in [0.15, 0.2) is 45.8 Å². The number of aromatic nitrogens is 2. The molecule has 0 unspecified atom stereocenters. The first-order valence-corrected chi connectivity index (χ1v) is 12.3. The summed E-state index contributed by atoms with van der Waals surface area (Å²) in [5.41, 5.74) is 5.25. The number of nitrogens with one attached hydrogen (secondary N) is 1. The van der Waals surface area contributed by atoms with E-state index in [1.807, 2.05) is 6.07 Å². The molecule has 1 aromatic heterocycles. The monoisotopic (exact) mass is 518 g/mol.